The average molecular weight is 162 g/mol. The van der Waals surface area contributed by atoms with E-state index in [-0.39, 0.29) is 12.8 Å². The van der Waals surface area contributed by atoms with Crippen LogP contribution in [-0.4, -0.2) is 17.1 Å². The lowest BCUT2D eigenvalue weighted by molar-refractivity contribution is -0.130. The molecule has 1 aliphatic carbocycles. The highest BCUT2D eigenvalue weighted by molar-refractivity contribution is 4.80. The van der Waals surface area contributed by atoms with Crippen molar-refractivity contribution < 1.29 is 13.9 Å². The van der Waals surface area contributed by atoms with Crippen LogP contribution in [0.15, 0.2) is 0 Å². The number of halogens is 2. The first kappa shape index (κ1) is 10.4. The van der Waals surface area contributed by atoms with Gasteiger partial charge in [0.05, 0.1) is 0 Å². The molecule has 0 aromatic rings. The zero-order valence-electron chi connectivity index (χ0n) is 6.26. The maximum atomic E-state index is 12.3. The largest absolute Gasteiger partial charge is 0.387 e. The van der Waals surface area contributed by atoms with E-state index < -0.39 is 12.0 Å². The van der Waals surface area contributed by atoms with Crippen LogP contribution in [0.25, 0.3) is 0 Å². The second-order valence-corrected chi connectivity index (χ2v) is 2.52. The number of hydrogen-bond donors (Lipinski definition) is 1. The minimum atomic E-state index is -2.81. The summed E-state index contributed by atoms with van der Waals surface area (Å²) in [6.45, 7) is 0. The van der Waals surface area contributed by atoms with Crippen molar-refractivity contribution in [3.8, 4) is 12.8 Å². The summed E-state index contributed by atoms with van der Waals surface area (Å²) < 4.78 is 24.7. The van der Waals surface area contributed by atoms with E-state index >= 15 is 0 Å². The van der Waals surface area contributed by atoms with Gasteiger partial charge in [0.25, 0.3) is 5.92 Å². The highest BCUT2D eigenvalue weighted by atomic mass is 19.3. The maximum Gasteiger partial charge on any atom is 0.273 e. The molecule has 64 valence electrons. The van der Waals surface area contributed by atoms with Gasteiger partial charge in [-0.2, -0.15) is 0 Å². The van der Waals surface area contributed by atoms with Gasteiger partial charge in [0, 0.05) is 6.42 Å². The van der Waals surface area contributed by atoms with E-state index in [1.165, 1.54) is 0 Å². The molecule has 0 bridgehead atoms. The molecule has 0 aromatic heterocycles. The molecular weight excluding hydrogens is 150 g/mol. The van der Waals surface area contributed by atoms with E-state index in [1.54, 1.807) is 0 Å². The zero-order valence-corrected chi connectivity index (χ0v) is 6.26. The molecule has 1 aliphatic rings. The first-order valence-corrected chi connectivity index (χ1v) is 3.52. The third-order valence-corrected chi connectivity index (χ3v) is 1.73. The summed E-state index contributed by atoms with van der Waals surface area (Å²) in [5.74, 6) is -2.81. The van der Waals surface area contributed by atoms with Crippen LogP contribution in [-0.2, 0) is 0 Å². The summed E-state index contributed by atoms with van der Waals surface area (Å²) in [6.07, 6.45) is 8.01. The molecule has 3 heteroatoms. The smallest absolute Gasteiger partial charge is 0.273 e. The van der Waals surface area contributed by atoms with Crippen molar-refractivity contribution in [1.82, 2.24) is 0 Å². The van der Waals surface area contributed by atoms with Gasteiger partial charge >= 0.3 is 0 Å². The minimum absolute atomic E-state index is 0.145. The second kappa shape index (κ2) is 4.30. The Morgan fingerprint density at radius 1 is 1.27 bits per heavy atom. The zero-order chi connectivity index (χ0) is 8.91. The third kappa shape index (κ3) is 2.85. The van der Waals surface area contributed by atoms with Crippen LogP contribution in [0.4, 0.5) is 8.78 Å². The van der Waals surface area contributed by atoms with Gasteiger partial charge in [0.2, 0.25) is 0 Å². The van der Waals surface area contributed by atoms with Crippen molar-refractivity contribution in [1.29, 1.82) is 0 Å². The van der Waals surface area contributed by atoms with Crippen LogP contribution in [0.2, 0.25) is 0 Å². The number of alkyl halides is 2. The summed E-state index contributed by atoms with van der Waals surface area (Å²) in [5, 5.41) is 8.69. The Balaban J connectivity index is 0.000000461. The average Bonchev–Trinajstić information content (AvgIpc) is 2.00. The third-order valence-electron chi connectivity index (χ3n) is 1.73. The van der Waals surface area contributed by atoms with Crippen molar-refractivity contribution in [2.75, 3.05) is 0 Å². The minimum Gasteiger partial charge on any atom is -0.387 e. The predicted octanol–water partition coefficient (Wildman–Crippen LogP) is 1.81. The standard InChI is InChI=1S/C6H10F2O.C2H2/c7-6(8)4-2-1-3-5(6)9;1-2/h5,9H,1-4H2;1-2H. The van der Waals surface area contributed by atoms with Gasteiger partial charge in [-0.1, -0.05) is 6.42 Å². The number of aliphatic hydroxyl groups is 1. The predicted molar refractivity (Wildman–Crippen MR) is 39.3 cm³/mol. The van der Waals surface area contributed by atoms with E-state index in [4.69, 9.17) is 5.11 Å². The van der Waals surface area contributed by atoms with Crippen LogP contribution >= 0.6 is 0 Å². The quantitative estimate of drug-likeness (QED) is 0.538. The van der Waals surface area contributed by atoms with E-state index in [0.29, 0.717) is 6.42 Å². The lowest BCUT2D eigenvalue weighted by Gasteiger charge is -2.26. The van der Waals surface area contributed by atoms with E-state index in [2.05, 4.69) is 12.8 Å². The highest BCUT2D eigenvalue weighted by Gasteiger charge is 2.39. The SMILES string of the molecule is C#C.OC1CCCCC1(F)F. The van der Waals surface area contributed by atoms with Crippen LogP contribution in [0.1, 0.15) is 25.7 Å². The van der Waals surface area contributed by atoms with E-state index in [1.807, 2.05) is 0 Å². The van der Waals surface area contributed by atoms with Gasteiger partial charge in [-0.05, 0) is 12.8 Å². The highest BCUT2D eigenvalue weighted by Crippen LogP contribution is 2.32. The lowest BCUT2D eigenvalue weighted by Crippen LogP contribution is -2.36. The summed E-state index contributed by atoms with van der Waals surface area (Å²) in [5.41, 5.74) is 0. The molecule has 0 heterocycles. The fourth-order valence-electron chi connectivity index (χ4n) is 1.08. The van der Waals surface area contributed by atoms with Crippen molar-refractivity contribution in [3.05, 3.63) is 0 Å². The van der Waals surface area contributed by atoms with Gasteiger partial charge in [-0.3, -0.25) is 0 Å². The maximum absolute atomic E-state index is 12.3. The first-order chi connectivity index (χ1) is 5.13. The Labute approximate surface area is 65.4 Å². The number of aliphatic hydroxyl groups excluding tert-OH is 1. The number of rotatable bonds is 0. The molecule has 1 atom stereocenters. The topological polar surface area (TPSA) is 20.2 Å². The Hall–Kier alpha value is -0.620. The Kier molecular flexibility index (Phi) is 4.06. The fraction of sp³-hybridized carbons (Fsp3) is 0.750. The molecule has 1 unspecified atom stereocenters. The Morgan fingerprint density at radius 3 is 2.09 bits per heavy atom. The van der Waals surface area contributed by atoms with Crippen molar-refractivity contribution in [2.45, 2.75) is 37.7 Å². The molecule has 1 nitrogen and oxygen atoms in total. The van der Waals surface area contributed by atoms with E-state index in [0.717, 1.165) is 6.42 Å². The van der Waals surface area contributed by atoms with Gasteiger partial charge < -0.3 is 5.11 Å². The summed E-state index contributed by atoms with van der Waals surface area (Å²) in [7, 11) is 0. The fourth-order valence-corrected chi connectivity index (χ4v) is 1.08. The summed E-state index contributed by atoms with van der Waals surface area (Å²) >= 11 is 0. The van der Waals surface area contributed by atoms with Crippen molar-refractivity contribution >= 4 is 0 Å². The molecule has 1 fully saturated rings. The van der Waals surface area contributed by atoms with Crippen molar-refractivity contribution in [2.24, 2.45) is 0 Å². The van der Waals surface area contributed by atoms with Gasteiger partial charge in [-0.15, -0.1) is 12.8 Å². The molecule has 0 spiro atoms. The second-order valence-electron chi connectivity index (χ2n) is 2.52. The van der Waals surface area contributed by atoms with Gasteiger partial charge in [0.1, 0.15) is 6.10 Å². The van der Waals surface area contributed by atoms with Crippen LogP contribution in [0.5, 0.6) is 0 Å². The molecular formula is C8H12F2O. The Bertz CT molecular complexity index is 131. The lowest BCUT2D eigenvalue weighted by atomic mass is 9.94. The summed E-state index contributed by atoms with van der Waals surface area (Å²) in [4.78, 5) is 0. The molecule has 1 saturated carbocycles. The molecule has 1 N–H and O–H groups in total. The number of hydrogen-bond acceptors (Lipinski definition) is 1. The Morgan fingerprint density at radius 2 is 1.82 bits per heavy atom. The molecule has 0 aromatic carbocycles. The first-order valence-electron chi connectivity index (χ1n) is 3.52. The monoisotopic (exact) mass is 162 g/mol. The van der Waals surface area contributed by atoms with Crippen molar-refractivity contribution in [3.63, 3.8) is 0 Å². The molecule has 11 heavy (non-hydrogen) atoms. The van der Waals surface area contributed by atoms with Crippen LogP contribution < -0.4 is 0 Å². The van der Waals surface area contributed by atoms with Gasteiger partial charge in [0.15, 0.2) is 0 Å². The molecule has 1 rings (SSSR count). The summed E-state index contributed by atoms with van der Waals surface area (Å²) in [6, 6.07) is 0. The molecule has 0 amide bonds. The van der Waals surface area contributed by atoms with E-state index in [9.17, 15) is 8.78 Å². The van der Waals surface area contributed by atoms with Crippen LogP contribution in [0.3, 0.4) is 0 Å². The number of terminal acetylenes is 1. The van der Waals surface area contributed by atoms with Crippen LogP contribution in [0, 0.1) is 12.8 Å². The van der Waals surface area contributed by atoms with Gasteiger partial charge in [-0.25, -0.2) is 8.78 Å². The molecule has 0 saturated heterocycles. The molecule has 0 aliphatic heterocycles. The normalized spacial score (nSPS) is 28.3. The molecule has 0 radical (unpaired) electrons.